The Balaban J connectivity index is 1.31. The standard InChI is InChI=1S/C19H20N6O2S/c26-17(13-6-7-13)21-19-20-15-4-1-5-16(25(15)22-19)23-8-10-24(11-9-23)18(27)14-3-2-12-28-14/h1-5,12-13H,6-11H2,(H,21,22,26). The van der Waals surface area contributed by atoms with Gasteiger partial charge in [-0.2, -0.15) is 9.50 Å². The third kappa shape index (κ3) is 3.22. The Morgan fingerprint density at radius 1 is 1.07 bits per heavy atom. The van der Waals surface area contributed by atoms with Gasteiger partial charge in [0.15, 0.2) is 5.65 Å². The van der Waals surface area contributed by atoms with Gasteiger partial charge in [-0.05, 0) is 36.4 Å². The average molecular weight is 396 g/mol. The molecule has 0 radical (unpaired) electrons. The third-order valence-electron chi connectivity index (χ3n) is 5.15. The Labute approximate surface area is 165 Å². The van der Waals surface area contributed by atoms with Gasteiger partial charge in [-0.3, -0.25) is 14.9 Å². The molecule has 1 aliphatic heterocycles. The molecule has 0 atom stereocenters. The molecule has 1 saturated carbocycles. The maximum Gasteiger partial charge on any atom is 0.264 e. The highest BCUT2D eigenvalue weighted by molar-refractivity contribution is 7.12. The molecule has 5 rings (SSSR count). The van der Waals surface area contributed by atoms with Crippen LogP contribution >= 0.6 is 11.3 Å². The molecule has 0 aromatic carbocycles. The summed E-state index contributed by atoms with van der Waals surface area (Å²) in [5.41, 5.74) is 0.695. The minimum absolute atomic E-state index is 0.00170. The van der Waals surface area contributed by atoms with E-state index in [-0.39, 0.29) is 17.7 Å². The molecule has 4 heterocycles. The summed E-state index contributed by atoms with van der Waals surface area (Å²) >= 11 is 1.48. The fourth-order valence-electron chi connectivity index (χ4n) is 3.44. The summed E-state index contributed by atoms with van der Waals surface area (Å²) in [7, 11) is 0. The third-order valence-corrected chi connectivity index (χ3v) is 6.00. The van der Waals surface area contributed by atoms with Crippen molar-refractivity contribution >= 4 is 40.6 Å². The molecule has 28 heavy (non-hydrogen) atoms. The SMILES string of the molecule is O=C(Nc1nc2cccc(N3CCN(C(=O)c4cccs4)CC3)n2n1)C1CC1. The molecule has 0 unspecified atom stereocenters. The van der Waals surface area contributed by atoms with Gasteiger partial charge in [0.25, 0.3) is 5.91 Å². The lowest BCUT2D eigenvalue weighted by atomic mass is 10.3. The largest absolute Gasteiger partial charge is 0.353 e. The number of hydrogen-bond acceptors (Lipinski definition) is 6. The molecule has 8 nitrogen and oxygen atoms in total. The Hall–Kier alpha value is -2.94. The smallest absolute Gasteiger partial charge is 0.264 e. The first-order valence-electron chi connectivity index (χ1n) is 9.43. The van der Waals surface area contributed by atoms with Crippen molar-refractivity contribution in [3.63, 3.8) is 0 Å². The number of rotatable bonds is 4. The maximum atomic E-state index is 12.5. The molecule has 3 aromatic rings. The van der Waals surface area contributed by atoms with Crippen molar-refractivity contribution in [1.82, 2.24) is 19.5 Å². The van der Waals surface area contributed by atoms with E-state index in [1.807, 2.05) is 40.6 Å². The van der Waals surface area contributed by atoms with E-state index in [4.69, 9.17) is 0 Å². The fourth-order valence-corrected chi connectivity index (χ4v) is 4.13. The van der Waals surface area contributed by atoms with E-state index in [1.54, 1.807) is 4.52 Å². The van der Waals surface area contributed by atoms with Gasteiger partial charge in [-0.15, -0.1) is 16.4 Å². The summed E-state index contributed by atoms with van der Waals surface area (Å²) in [5, 5.41) is 9.22. The second kappa shape index (κ2) is 6.90. The zero-order chi connectivity index (χ0) is 19.1. The van der Waals surface area contributed by atoms with Crippen LogP contribution in [0, 0.1) is 5.92 Å². The van der Waals surface area contributed by atoms with Crippen molar-refractivity contribution in [1.29, 1.82) is 0 Å². The number of nitrogens with zero attached hydrogens (tertiary/aromatic N) is 5. The zero-order valence-electron chi connectivity index (χ0n) is 15.2. The van der Waals surface area contributed by atoms with Gasteiger partial charge in [0.2, 0.25) is 11.9 Å². The lowest BCUT2D eigenvalue weighted by Crippen LogP contribution is -2.49. The van der Waals surface area contributed by atoms with Crippen molar-refractivity contribution in [2.24, 2.45) is 5.92 Å². The molecule has 1 N–H and O–H groups in total. The second-order valence-corrected chi connectivity index (χ2v) is 8.06. The van der Waals surface area contributed by atoms with Crippen LogP contribution in [0.25, 0.3) is 5.65 Å². The van der Waals surface area contributed by atoms with Gasteiger partial charge in [0.1, 0.15) is 5.82 Å². The van der Waals surface area contributed by atoms with Crippen LogP contribution in [0.1, 0.15) is 22.5 Å². The van der Waals surface area contributed by atoms with Gasteiger partial charge in [0, 0.05) is 32.1 Å². The molecule has 1 aliphatic carbocycles. The lowest BCUT2D eigenvalue weighted by Gasteiger charge is -2.35. The quantitative estimate of drug-likeness (QED) is 0.730. The van der Waals surface area contributed by atoms with E-state index in [9.17, 15) is 9.59 Å². The number of piperazine rings is 1. The van der Waals surface area contributed by atoms with Crippen LogP contribution in [0.5, 0.6) is 0 Å². The molecular formula is C19H20N6O2S. The first kappa shape index (κ1) is 17.2. The summed E-state index contributed by atoms with van der Waals surface area (Å²) < 4.78 is 1.76. The Morgan fingerprint density at radius 2 is 1.89 bits per heavy atom. The number of carbonyl (C=O) groups is 2. The predicted octanol–water partition coefficient (Wildman–Crippen LogP) is 2.10. The van der Waals surface area contributed by atoms with E-state index in [0.29, 0.717) is 24.7 Å². The fraction of sp³-hybridized carbons (Fsp3) is 0.368. The van der Waals surface area contributed by atoms with Gasteiger partial charge >= 0.3 is 0 Å². The predicted molar refractivity (Wildman–Crippen MR) is 107 cm³/mol. The van der Waals surface area contributed by atoms with E-state index < -0.39 is 0 Å². The van der Waals surface area contributed by atoms with Crippen molar-refractivity contribution in [3.8, 4) is 0 Å². The second-order valence-electron chi connectivity index (χ2n) is 7.11. The van der Waals surface area contributed by atoms with Gasteiger partial charge < -0.3 is 9.80 Å². The normalized spacial score (nSPS) is 17.1. The summed E-state index contributed by atoms with van der Waals surface area (Å²) in [5.74, 6) is 1.47. The average Bonchev–Trinajstić information content (AvgIpc) is 3.27. The highest BCUT2D eigenvalue weighted by atomic mass is 32.1. The van der Waals surface area contributed by atoms with Crippen molar-refractivity contribution in [2.45, 2.75) is 12.8 Å². The van der Waals surface area contributed by atoms with Crippen molar-refractivity contribution < 1.29 is 9.59 Å². The van der Waals surface area contributed by atoms with Crippen LogP contribution in [-0.4, -0.2) is 57.5 Å². The molecule has 0 spiro atoms. The number of hydrogen-bond donors (Lipinski definition) is 1. The highest BCUT2D eigenvalue weighted by Crippen LogP contribution is 2.30. The number of nitrogens with one attached hydrogen (secondary N) is 1. The topological polar surface area (TPSA) is 82.8 Å². The molecule has 1 saturated heterocycles. The molecule has 144 valence electrons. The molecular weight excluding hydrogens is 376 g/mol. The zero-order valence-corrected chi connectivity index (χ0v) is 16.1. The number of pyridine rings is 1. The molecule has 3 aromatic heterocycles. The molecule has 2 aliphatic rings. The van der Waals surface area contributed by atoms with E-state index in [0.717, 1.165) is 36.6 Å². The minimum Gasteiger partial charge on any atom is -0.353 e. The van der Waals surface area contributed by atoms with Gasteiger partial charge in [-0.1, -0.05) is 12.1 Å². The van der Waals surface area contributed by atoms with Gasteiger partial charge in [0.05, 0.1) is 4.88 Å². The number of anilines is 2. The Morgan fingerprint density at radius 3 is 2.61 bits per heavy atom. The van der Waals surface area contributed by atoms with Gasteiger partial charge in [-0.25, -0.2) is 0 Å². The number of carbonyl (C=O) groups excluding carboxylic acids is 2. The number of thiophene rings is 1. The Kier molecular flexibility index (Phi) is 4.23. The summed E-state index contributed by atoms with van der Waals surface area (Å²) in [4.78, 5) is 33.8. The Bertz CT molecular complexity index is 1020. The van der Waals surface area contributed by atoms with Crippen LogP contribution in [0.4, 0.5) is 11.8 Å². The number of fused-ring (bicyclic) bond motifs is 1. The van der Waals surface area contributed by atoms with Crippen LogP contribution in [-0.2, 0) is 4.79 Å². The highest BCUT2D eigenvalue weighted by Gasteiger charge is 2.30. The molecule has 0 bridgehead atoms. The number of amides is 2. The first-order chi connectivity index (χ1) is 13.7. The molecule has 2 fully saturated rings. The van der Waals surface area contributed by atoms with Crippen LogP contribution in [0.15, 0.2) is 35.7 Å². The maximum absolute atomic E-state index is 12.5. The van der Waals surface area contributed by atoms with Crippen molar-refractivity contribution in [2.75, 3.05) is 36.4 Å². The molecule has 9 heteroatoms. The van der Waals surface area contributed by atoms with Crippen molar-refractivity contribution in [3.05, 3.63) is 40.6 Å². The lowest BCUT2D eigenvalue weighted by molar-refractivity contribution is -0.117. The van der Waals surface area contributed by atoms with Crippen LogP contribution < -0.4 is 10.2 Å². The minimum atomic E-state index is -0.00170. The van der Waals surface area contributed by atoms with E-state index in [2.05, 4.69) is 20.3 Å². The molecule has 2 amide bonds. The summed E-state index contributed by atoms with van der Waals surface area (Å²) in [6, 6.07) is 9.58. The van der Waals surface area contributed by atoms with E-state index in [1.165, 1.54) is 11.3 Å². The number of aromatic nitrogens is 3. The summed E-state index contributed by atoms with van der Waals surface area (Å²) in [6.07, 6.45) is 1.89. The van der Waals surface area contributed by atoms with E-state index >= 15 is 0 Å². The summed E-state index contributed by atoms with van der Waals surface area (Å²) in [6.45, 7) is 2.76. The van der Waals surface area contributed by atoms with Crippen LogP contribution in [0.3, 0.4) is 0 Å². The first-order valence-corrected chi connectivity index (χ1v) is 10.3. The monoisotopic (exact) mass is 396 g/mol. The van der Waals surface area contributed by atoms with Crippen LogP contribution in [0.2, 0.25) is 0 Å².